The smallest absolute Gasteiger partial charge is 0.258 e. The first-order valence-electron chi connectivity index (χ1n) is 6.43. The van der Waals surface area contributed by atoms with E-state index in [1.807, 2.05) is 0 Å². The number of ether oxygens (including phenoxy) is 1. The first-order chi connectivity index (χ1) is 10.5. The highest BCUT2D eigenvalue weighted by Crippen LogP contribution is 2.24. The van der Waals surface area contributed by atoms with Gasteiger partial charge in [0.25, 0.3) is 5.56 Å². The molecule has 0 bridgehead atoms. The highest BCUT2D eigenvalue weighted by atomic mass is 35.5. The van der Waals surface area contributed by atoms with Crippen molar-refractivity contribution in [3.05, 3.63) is 62.5 Å². The van der Waals surface area contributed by atoms with Crippen molar-refractivity contribution < 1.29 is 9.53 Å². The summed E-state index contributed by atoms with van der Waals surface area (Å²) >= 11 is 7.26. The molecule has 0 atom stereocenters. The Balaban J connectivity index is 1.88. The Hall–Kier alpha value is -2.18. The van der Waals surface area contributed by atoms with Crippen molar-refractivity contribution in [1.82, 2.24) is 9.38 Å². The van der Waals surface area contributed by atoms with Crippen molar-refractivity contribution in [2.45, 2.75) is 13.5 Å². The van der Waals surface area contributed by atoms with Crippen LogP contribution in [0.15, 0.2) is 40.6 Å². The molecule has 0 amide bonds. The van der Waals surface area contributed by atoms with Crippen LogP contribution in [0.4, 0.5) is 0 Å². The fourth-order valence-electron chi connectivity index (χ4n) is 2.02. The third-order valence-electron chi connectivity index (χ3n) is 3.05. The maximum absolute atomic E-state index is 11.9. The first kappa shape index (κ1) is 14.7. The minimum atomic E-state index is -0.159. The molecule has 0 aliphatic carbocycles. The van der Waals surface area contributed by atoms with Gasteiger partial charge in [-0.25, -0.2) is 4.98 Å². The Labute approximate surface area is 134 Å². The van der Waals surface area contributed by atoms with E-state index >= 15 is 0 Å². The van der Waals surface area contributed by atoms with Gasteiger partial charge in [0.1, 0.15) is 12.4 Å². The number of hydrogen-bond acceptors (Lipinski definition) is 5. The third-order valence-corrected chi connectivity index (χ3v) is 4.04. The van der Waals surface area contributed by atoms with Crippen LogP contribution in [0.1, 0.15) is 23.0 Å². The van der Waals surface area contributed by atoms with Gasteiger partial charge < -0.3 is 4.74 Å². The van der Waals surface area contributed by atoms with Crippen molar-refractivity contribution in [2.24, 2.45) is 0 Å². The Bertz CT molecular complexity index is 917. The second kappa shape index (κ2) is 5.90. The summed E-state index contributed by atoms with van der Waals surface area (Å²) in [6.07, 6.45) is 1.67. The standard InChI is InChI=1S/C15H11ClN2O3S/c1-9(19)12-6-10(16)2-3-13(12)21-8-11-7-14(20)18-4-5-22-15(18)17-11/h2-7H,8H2,1H3. The molecule has 3 rings (SSSR count). The molecule has 7 heteroatoms. The SMILES string of the molecule is CC(=O)c1cc(Cl)ccc1OCc1cc(=O)n2ccsc2n1. The van der Waals surface area contributed by atoms with Gasteiger partial charge in [-0.05, 0) is 25.1 Å². The van der Waals surface area contributed by atoms with Gasteiger partial charge >= 0.3 is 0 Å². The van der Waals surface area contributed by atoms with Gasteiger partial charge in [-0.15, -0.1) is 11.3 Å². The van der Waals surface area contributed by atoms with Crippen molar-refractivity contribution in [3.63, 3.8) is 0 Å². The normalized spacial score (nSPS) is 10.8. The van der Waals surface area contributed by atoms with Crippen molar-refractivity contribution >= 4 is 33.7 Å². The van der Waals surface area contributed by atoms with Gasteiger partial charge in [0, 0.05) is 22.7 Å². The summed E-state index contributed by atoms with van der Waals surface area (Å²) in [7, 11) is 0. The fraction of sp³-hybridized carbons (Fsp3) is 0.133. The van der Waals surface area contributed by atoms with Crippen LogP contribution in [-0.4, -0.2) is 15.2 Å². The topological polar surface area (TPSA) is 60.7 Å². The summed E-state index contributed by atoms with van der Waals surface area (Å²) in [5.74, 6) is 0.282. The molecule has 0 aliphatic heterocycles. The second-order valence-electron chi connectivity index (χ2n) is 4.63. The van der Waals surface area contributed by atoms with E-state index in [0.717, 1.165) is 0 Å². The molecule has 112 valence electrons. The van der Waals surface area contributed by atoms with Gasteiger partial charge in [-0.3, -0.25) is 14.0 Å². The number of aromatic nitrogens is 2. The first-order valence-corrected chi connectivity index (χ1v) is 7.69. The number of ketones is 1. The zero-order valence-corrected chi connectivity index (χ0v) is 13.1. The summed E-state index contributed by atoms with van der Waals surface area (Å²) in [6, 6.07) is 6.26. The molecule has 0 saturated carbocycles. The lowest BCUT2D eigenvalue weighted by molar-refractivity contribution is 0.101. The Morgan fingerprint density at radius 2 is 2.23 bits per heavy atom. The molecule has 3 aromatic rings. The quantitative estimate of drug-likeness (QED) is 0.687. The molecule has 22 heavy (non-hydrogen) atoms. The highest BCUT2D eigenvalue weighted by Gasteiger charge is 2.11. The van der Waals surface area contributed by atoms with E-state index in [4.69, 9.17) is 16.3 Å². The monoisotopic (exact) mass is 334 g/mol. The Kier molecular flexibility index (Phi) is 3.96. The second-order valence-corrected chi connectivity index (χ2v) is 5.94. The number of carbonyl (C=O) groups is 1. The average Bonchev–Trinajstić information content (AvgIpc) is 2.94. The zero-order valence-electron chi connectivity index (χ0n) is 11.6. The summed E-state index contributed by atoms with van der Waals surface area (Å²) in [5, 5.41) is 2.26. The van der Waals surface area contributed by atoms with Crippen LogP contribution in [0.25, 0.3) is 4.96 Å². The molecule has 0 fully saturated rings. The van der Waals surface area contributed by atoms with Crippen LogP contribution < -0.4 is 10.3 Å². The Morgan fingerprint density at radius 3 is 3.00 bits per heavy atom. The summed E-state index contributed by atoms with van der Waals surface area (Å²) < 4.78 is 7.10. The molecule has 0 unspecified atom stereocenters. The number of thiazole rings is 1. The van der Waals surface area contributed by atoms with E-state index in [1.54, 1.807) is 29.8 Å². The van der Waals surface area contributed by atoms with E-state index in [2.05, 4.69) is 4.98 Å². The number of carbonyl (C=O) groups excluding carboxylic acids is 1. The minimum Gasteiger partial charge on any atom is -0.487 e. The third kappa shape index (κ3) is 2.88. The van der Waals surface area contributed by atoms with Crippen LogP contribution in [-0.2, 0) is 6.61 Å². The fourth-order valence-corrected chi connectivity index (χ4v) is 2.93. The number of rotatable bonds is 4. The summed E-state index contributed by atoms with van der Waals surface area (Å²) in [6.45, 7) is 1.55. The lowest BCUT2D eigenvalue weighted by Gasteiger charge is -2.09. The molecular formula is C15H11ClN2O3S. The predicted octanol–water partition coefficient (Wildman–Crippen LogP) is 3.19. The number of Topliss-reactive ketones (excluding diaryl/α,β-unsaturated/α-hetero) is 1. The summed E-state index contributed by atoms with van der Waals surface area (Å²) in [5.41, 5.74) is 0.756. The number of halogens is 1. The van der Waals surface area contributed by atoms with Gasteiger partial charge in [0.2, 0.25) is 0 Å². The van der Waals surface area contributed by atoms with E-state index in [9.17, 15) is 9.59 Å². The van der Waals surface area contributed by atoms with Crippen LogP contribution in [0.5, 0.6) is 5.75 Å². The molecule has 0 N–H and O–H groups in total. The van der Waals surface area contributed by atoms with Crippen molar-refractivity contribution in [1.29, 1.82) is 0 Å². The van der Waals surface area contributed by atoms with E-state index < -0.39 is 0 Å². The van der Waals surface area contributed by atoms with Crippen LogP contribution >= 0.6 is 22.9 Å². The average molecular weight is 335 g/mol. The molecule has 0 spiro atoms. The molecule has 0 saturated heterocycles. The highest BCUT2D eigenvalue weighted by molar-refractivity contribution is 7.15. The lowest BCUT2D eigenvalue weighted by atomic mass is 10.1. The minimum absolute atomic E-state index is 0.103. The Morgan fingerprint density at radius 1 is 1.41 bits per heavy atom. The van der Waals surface area contributed by atoms with Gasteiger partial charge in [-0.2, -0.15) is 0 Å². The largest absolute Gasteiger partial charge is 0.487 e. The van der Waals surface area contributed by atoms with Gasteiger partial charge in [0.15, 0.2) is 10.7 Å². The summed E-state index contributed by atoms with van der Waals surface area (Å²) in [4.78, 5) is 28.5. The zero-order chi connectivity index (χ0) is 15.7. The predicted molar refractivity (Wildman–Crippen MR) is 85.1 cm³/mol. The lowest BCUT2D eigenvalue weighted by Crippen LogP contribution is -2.14. The molecule has 1 aromatic carbocycles. The molecule has 2 heterocycles. The maximum atomic E-state index is 11.9. The number of nitrogens with zero attached hydrogens (tertiary/aromatic N) is 2. The number of benzene rings is 1. The van der Waals surface area contributed by atoms with Crippen LogP contribution in [0.3, 0.4) is 0 Å². The molecule has 0 aliphatic rings. The van der Waals surface area contributed by atoms with E-state index in [-0.39, 0.29) is 17.9 Å². The van der Waals surface area contributed by atoms with Crippen molar-refractivity contribution in [3.8, 4) is 5.75 Å². The van der Waals surface area contributed by atoms with Crippen molar-refractivity contribution in [2.75, 3.05) is 0 Å². The number of fused-ring (bicyclic) bond motifs is 1. The molecule has 0 radical (unpaired) electrons. The van der Waals surface area contributed by atoms with Gasteiger partial charge in [-0.1, -0.05) is 11.6 Å². The van der Waals surface area contributed by atoms with E-state index in [0.29, 0.717) is 27.0 Å². The number of hydrogen-bond donors (Lipinski definition) is 0. The maximum Gasteiger partial charge on any atom is 0.258 e. The molecular weight excluding hydrogens is 324 g/mol. The van der Waals surface area contributed by atoms with Gasteiger partial charge in [0.05, 0.1) is 11.3 Å². The van der Waals surface area contributed by atoms with Crippen LogP contribution in [0.2, 0.25) is 5.02 Å². The van der Waals surface area contributed by atoms with E-state index in [1.165, 1.54) is 28.7 Å². The van der Waals surface area contributed by atoms with Crippen LogP contribution in [0, 0.1) is 0 Å². The molecule has 2 aromatic heterocycles. The molecule has 5 nitrogen and oxygen atoms in total.